The summed E-state index contributed by atoms with van der Waals surface area (Å²) >= 11 is 0.842. The summed E-state index contributed by atoms with van der Waals surface area (Å²) in [6.45, 7) is 0. The van der Waals surface area contributed by atoms with Gasteiger partial charge in [0.1, 0.15) is 10.8 Å². The van der Waals surface area contributed by atoms with E-state index in [0.717, 1.165) is 17.4 Å². The standard InChI is InChI=1S/C10H5F4N5S/c11-5-3-1-2-4(6(5)15)7-18-19-8(10(12,13)14)16-17-9(19)20-7/h1-3H,15H2. The van der Waals surface area contributed by atoms with E-state index >= 15 is 0 Å². The highest BCUT2D eigenvalue weighted by atomic mass is 32.1. The maximum absolute atomic E-state index is 13.4. The van der Waals surface area contributed by atoms with Crippen molar-refractivity contribution in [1.29, 1.82) is 0 Å². The molecule has 2 heterocycles. The van der Waals surface area contributed by atoms with Crippen LogP contribution in [-0.2, 0) is 6.18 Å². The first-order chi connectivity index (χ1) is 9.38. The number of rotatable bonds is 1. The van der Waals surface area contributed by atoms with E-state index in [1.807, 2.05) is 0 Å². The first-order valence-electron chi connectivity index (χ1n) is 5.21. The molecule has 1 aromatic carbocycles. The SMILES string of the molecule is Nc1c(F)cccc1-c1nn2c(C(F)(F)F)nnc2s1. The molecular weight excluding hydrogens is 298 g/mol. The summed E-state index contributed by atoms with van der Waals surface area (Å²) in [4.78, 5) is -0.0454. The highest BCUT2D eigenvalue weighted by molar-refractivity contribution is 7.19. The second-order valence-electron chi connectivity index (χ2n) is 3.82. The van der Waals surface area contributed by atoms with Crippen molar-refractivity contribution in [2.24, 2.45) is 0 Å². The number of benzene rings is 1. The maximum Gasteiger partial charge on any atom is 0.453 e. The van der Waals surface area contributed by atoms with Gasteiger partial charge in [0.2, 0.25) is 4.96 Å². The minimum Gasteiger partial charge on any atom is -0.396 e. The van der Waals surface area contributed by atoms with Crippen LogP contribution in [-0.4, -0.2) is 19.8 Å². The molecule has 0 aliphatic heterocycles. The fraction of sp³-hybridized carbons (Fsp3) is 0.100. The van der Waals surface area contributed by atoms with Gasteiger partial charge in [-0.2, -0.15) is 22.8 Å². The molecule has 5 nitrogen and oxygen atoms in total. The van der Waals surface area contributed by atoms with E-state index in [0.29, 0.717) is 4.52 Å². The van der Waals surface area contributed by atoms with Crippen LogP contribution >= 0.6 is 11.3 Å². The van der Waals surface area contributed by atoms with Crippen molar-refractivity contribution >= 4 is 22.0 Å². The number of nitrogen functional groups attached to an aromatic ring is 1. The van der Waals surface area contributed by atoms with Crippen LogP contribution in [0.4, 0.5) is 23.2 Å². The Kier molecular flexibility index (Phi) is 2.64. The van der Waals surface area contributed by atoms with E-state index in [1.165, 1.54) is 12.1 Å². The van der Waals surface area contributed by atoms with Gasteiger partial charge >= 0.3 is 6.18 Å². The van der Waals surface area contributed by atoms with E-state index in [2.05, 4.69) is 15.3 Å². The Morgan fingerprint density at radius 2 is 1.95 bits per heavy atom. The van der Waals surface area contributed by atoms with Crippen LogP contribution in [0.15, 0.2) is 18.2 Å². The van der Waals surface area contributed by atoms with Crippen LogP contribution < -0.4 is 5.73 Å². The average Bonchev–Trinajstić information content (AvgIpc) is 2.90. The summed E-state index contributed by atoms with van der Waals surface area (Å²) in [5, 5.41) is 10.3. The number of hydrogen-bond acceptors (Lipinski definition) is 5. The van der Waals surface area contributed by atoms with Crippen LogP contribution in [0.5, 0.6) is 0 Å². The lowest BCUT2D eigenvalue weighted by molar-refractivity contribution is -0.146. The molecule has 0 atom stereocenters. The van der Waals surface area contributed by atoms with Gasteiger partial charge in [-0.25, -0.2) is 4.39 Å². The molecule has 0 aliphatic rings. The molecule has 0 unspecified atom stereocenters. The van der Waals surface area contributed by atoms with Gasteiger partial charge in [-0.3, -0.25) is 0 Å². The van der Waals surface area contributed by atoms with Gasteiger partial charge in [-0.1, -0.05) is 17.4 Å². The Morgan fingerprint density at radius 1 is 1.20 bits per heavy atom. The Morgan fingerprint density at radius 3 is 2.65 bits per heavy atom. The summed E-state index contributed by atoms with van der Waals surface area (Å²) in [7, 11) is 0. The average molecular weight is 303 g/mol. The molecule has 3 rings (SSSR count). The lowest BCUT2D eigenvalue weighted by atomic mass is 10.2. The molecule has 104 valence electrons. The van der Waals surface area contributed by atoms with Gasteiger partial charge in [0.15, 0.2) is 0 Å². The van der Waals surface area contributed by atoms with Gasteiger partial charge in [-0.15, -0.1) is 10.2 Å². The lowest BCUT2D eigenvalue weighted by Gasteiger charge is -2.02. The molecule has 20 heavy (non-hydrogen) atoms. The second-order valence-corrected chi connectivity index (χ2v) is 4.78. The van der Waals surface area contributed by atoms with E-state index in [9.17, 15) is 17.6 Å². The van der Waals surface area contributed by atoms with Gasteiger partial charge in [0, 0.05) is 5.56 Å². The Hall–Kier alpha value is -2.23. The number of alkyl halides is 3. The van der Waals surface area contributed by atoms with Crippen molar-refractivity contribution in [2.75, 3.05) is 5.73 Å². The third kappa shape index (κ3) is 1.88. The molecule has 0 fully saturated rings. The summed E-state index contributed by atoms with van der Waals surface area (Å²) in [6.07, 6.45) is -4.67. The smallest absolute Gasteiger partial charge is 0.396 e. The molecule has 0 saturated heterocycles. The molecule has 0 saturated carbocycles. The minimum atomic E-state index is -4.67. The summed E-state index contributed by atoms with van der Waals surface area (Å²) in [6, 6.07) is 4.02. The number of para-hydroxylation sites is 1. The predicted molar refractivity (Wildman–Crippen MR) is 63.5 cm³/mol. The van der Waals surface area contributed by atoms with Crippen molar-refractivity contribution < 1.29 is 17.6 Å². The normalized spacial score (nSPS) is 12.2. The third-order valence-corrected chi connectivity index (χ3v) is 3.46. The van der Waals surface area contributed by atoms with Crippen LogP contribution in [0.3, 0.4) is 0 Å². The highest BCUT2D eigenvalue weighted by Crippen LogP contribution is 2.34. The third-order valence-electron chi connectivity index (χ3n) is 2.53. The highest BCUT2D eigenvalue weighted by Gasteiger charge is 2.38. The second kappa shape index (κ2) is 4.13. The van der Waals surface area contributed by atoms with Crippen LogP contribution in [0, 0.1) is 5.82 Å². The number of nitrogens with two attached hydrogens (primary N) is 1. The van der Waals surface area contributed by atoms with E-state index < -0.39 is 17.8 Å². The van der Waals surface area contributed by atoms with Crippen molar-refractivity contribution in [3.05, 3.63) is 29.8 Å². The first kappa shape index (κ1) is 12.8. The van der Waals surface area contributed by atoms with Crippen molar-refractivity contribution in [1.82, 2.24) is 19.8 Å². The first-order valence-corrected chi connectivity index (χ1v) is 6.03. The fourth-order valence-corrected chi connectivity index (χ4v) is 2.50. The number of fused-ring (bicyclic) bond motifs is 1. The summed E-state index contributed by atoms with van der Waals surface area (Å²) < 4.78 is 51.9. The molecule has 10 heteroatoms. The Balaban J connectivity index is 2.19. The lowest BCUT2D eigenvalue weighted by Crippen LogP contribution is -2.11. The topological polar surface area (TPSA) is 69.1 Å². The molecule has 0 bridgehead atoms. The molecule has 2 aromatic heterocycles. The van der Waals surface area contributed by atoms with Crippen LogP contribution in [0.1, 0.15) is 5.82 Å². The van der Waals surface area contributed by atoms with Crippen molar-refractivity contribution in [3.63, 3.8) is 0 Å². The number of aromatic nitrogens is 4. The van der Waals surface area contributed by atoms with E-state index in [4.69, 9.17) is 5.73 Å². The molecule has 0 radical (unpaired) electrons. The zero-order chi connectivity index (χ0) is 14.5. The van der Waals surface area contributed by atoms with Crippen molar-refractivity contribution in [3.8, 4) is 10.6 Å². The maximum atomic E-state index is 13.4. The van der Waals surface area contributed by atoms with E-state index in [1.54, 1.807) is 0 Å². The number of nitrogens with zero attached hydrogens (tertiary/aromatic N) is 4. The van der Waals surface area contributed by atoms with Gasteiger partial charge in [0.05, 0.1) is 5.69 Å². The summed E-state index contributed by atoms with van der Waals surface area (Å²) in [5.74, 6) is -1.89. The van der Waals surface area contributed by atoms with Gasteiger partial charge in [-0.05, 0) is 12.1 Å². The summed E-state index contributed by atoms with van der Waals surface area (Å²) in [5.41, 5.74) is 5.59. The largest absolute Gasteiger partial charge is 0.453 e. The van der Waals surface area contributed by atoms with Crippen LogP contribution in [0.25, 0.3) is 15.5 Å². The quantitative estimate of drug-likeness (QED) is 0.554. The Bertz CT molecular complexity index is 791. The fourth-order valence-electron chi connectivity index (χ4n) is 1.63. The minimum absolute atomic E-state index is 0.0454. The zero-order valence-electron chi connectivity index (χ0n) is 9.52. The molecule has 0 amide bonds. The molecule has 0 aliphatic carbocycles. The van der Waals surface area contributed by atoms with Crippen LogP contribution in [0.2, 0.25) is 0 Å². The van der Waals surface area contributed by atoms with Gasteiger partial charge in [0.25, 0.3) is 5.82 Å². The Labute approximate surface area is 112 Å². The molecular formula is C10H5F4N5S. The predicted octanol–water partition coefficient (Wildman–Crippen LogP) is 2.59. The number of anilines is 1. The number of halogens is 4. The van der Waals surface area contributed by atoms with Crippen molar-refractivity contribution in [2.45, 2.75) is 6.18 Å². The molecule has 3 aromatic rings. The zero-order valence-corrected chi connectivity index (χ0v) is 10.3. The number of hydrogen-bond donors (Lipinski definition) is 1. The van der Waals surface area contributed by atoms with E-state index in [-0.39, 0.29) is 21.2 Å². The molecule has 0 spiro atoms. The van der Waals surface area contributed by atoms with Gasteiger partial charge < -0.3 is 5.73 Å². The monoisotopic (exact) mass is 303 g/mol. The molecule has 2 N–H and O–H groups in total.